The van der Waals surface area contributed by atoms with E-state index in [4.69, 9.17) is 18.9 Å². The highest BCUT2D eigenvalue weighted by molar-refractivity contribution is 5.82. The molecule has 2 aromatic heterocycles. The van der Waals surface area contributed by atoms with Crippen LogP contribution in [0.5, 0.6) is 17.6 Å². The number of hydrogen-bond acceptors (Lipinski definition) is 7. The standard InChI is InChI=1S/C20H20F3N3O5/c1-3-29-19-25-16-15(8-9-24-17(16)30-11-10-28-2)18(27)26(19)13-4-6-14(7-5-13)31-12-20(21,22)23/h4-9H,3,10-12H2,1-2H3. The average molecular weight is 439 g/mol. The molecule has 0 aliphatic rings. The van der Waals surface area contributed by atoms with Crippen LogP contribution in [0.15, 0.2) is 41.3 Å². The normalized spacial score (nSPS) is 11.5. The van der Waals surface area contributed by atoms with E-state index in [1.54, 1.807) is 6.92 Å². The van der Waals surface area contributed by atoms with Gasteiger partial charge < -0.3 is 18.9 Å². The Kier molecular flexibility index (Phi) is 6.95. The van der Waals surface area contributed by atoms with E-state index in [1.165, 1.54) is 48.2 Å². The molecule has 0 bridgehead atoms. The van der Waals surface area contributed by atoms with Crippen molar-refractivity contribution in [2.45, 2.75) is 13.1 Å². The second-order valence-corrected chi connectivity index (χ2v) is 6.22. The Balaban J connectivity index is 2.02. The SMILES string of the molecule is CCOc1nc2c(OCCOC)nccc2c(=O)n1-c1ccc(OCC(F)(F)F)cc1. The zero-order chi connectivity index (χ0) is 22.4. The molecule has 0 N–H and O–H groups in total. The van der Waals surface area contributed by atoms with Crippen LogP contribution in [0.1, 0.15) is 6.92 Å². The first-order valence-electron chi connectivity index (χ1n) is 9.30. The van der Waals surface area contributed by atoms with E-state index in [2.05, 4.69) is 9.97 Å². The van der Waals surface area contributed by atoms with Crippen LogP contribution in [0, 0.1) is 0 Å². The summed E-state index contributed by atoms with van der Waals surface area (Å²) in [5.74, 6) is 0.175. The summed E-state index contributed by atoms with van der Waals surface area (Å²) in [7, 11) is 1.53. The van der Waals surface area contributed by atoms with Crippen molar-refractivity contribution in [3.05, 3.63) is 46.9 Å². The zero-order valence-electron chi connectivity index (χ0n) is 16.8. The molecule has 0 aliphatic heterocycles. The van der Waals surface area contributed by atoms with E-state index >= 15 is 0 Å². The summed E-state index contributed by atoms with van der Waals surface area (Å²) in [6.45, 7) is 1.10. The van der Waals surface area contributed by atoms with Crippen LogP contribution < -0.4 is 19.8 Å². The Morgan fingerprint density at radius 3 is 2.42 bits per heavy atom. The molecule has 0 saturated heterocycles. The third-order valence-electron chi connectivity index (χ3n) is 4.02. The molecule has 2 heterocycles. The molecule has 0 atom stereocenters. The number of rotatable bonds is 9. The number of halogens is 3. The van der Waals surface area contributed by atoms with Gasteiger partial charge in [0.1, 0.15) is 17.9 Å². The summed E-state index contributed by atoms with van der Waals surface area (Å²) in [5.41, 5.74) is 0.130. The van der Waals surface area contributed by atoms with Crippen molar-refractivity contribution in [1.82, 2.24) is 14.5 Å². The van der Waals surface area contributed by atoms with E-state index in [9.17, 15) is 18.0 Å². The Morgan fingerprint density at radius 1 is 1.03 bits per heavy atom. The molecule has 3 rings (SSSR count). The maximum absolute atomic E-state index is 13.2. The number of hydrogen-bond donors (Lipinski definition) is 0. The predicted molar refractivity (Wildman–Crippen MR) is 105 cm³/mol. The lowest BCUT2D eigenvalue weighted by Crippen LogP contribution is -2.23. The van der Waals surface area contributed by atoms with Crippen molar-refractivity contribution in [1.29, 1.82) is 0 Å². The number of fused-ring (bicyclic) bond motifs is 1. The molecular formula is C20H20F3N3O5. The quantitative estimate of drug-likeness (QED) is 0.474. The van der Waals surface area contributed by atoms with Crippen molar-refractivity contribution in [3.63, 3.8) is 0 Å². The highest BCUT2D eigenvalue weighted by Crippen LogP contribution is 2.25. The summed E-state index contributed by atoms with van der Waals surface area (Å²) >= 11 is 0. The fourth-order valence-electron chi connectivity index (χ4n) is 2.71. The van der Waals surface area contributed by atoms with Gasteiger partial charge in [-0.2, -0.15) is 18.2 Å². The highest BCUT2D eigenvalue weighted by Gasteiger charge is 2.28. The second-order valence-electron chi connectivity index (χ2n) is 6.22. The average Bonchev–Trinajstić information content (AvgIpc) is 2.73. The van der Waals surface area contributed by atoms with Crippen LogP contribution in [-0.2, 0) is 4.74 Å². The Hall–Kier alpha value is -3.34. The van der Waals surface area contributed by atoms with Crippen LogP contribution in [0.4, 0.5) is 13.2 Å². The Morgan fingerprint density at radius 2 is 1.77 bits per heavy atom. The molecule has 0 aliphatic carbocycles. The van der Waals surface area contributed by atoms with E-state index in [0.29, 0.717) is 12.3 Å². The van der Waals surface area contributed by atoms with Gasteiger partial charge in [0, 0.05) is 13.3 Å². The molecule has 0 fully saturated rings. The number of ether oxygens (including phenoxy) is 4. The monoisotopic (exact) mass is 439 g/mol. The lowest BCUT2D eigenvalue weighted by Gasteiger charge is -2.15. The number of methoxy groups -OCH3 is 1. The summed E-state index contributed by atoms with van der Waals surface area (Å²) < 4.78 is 59.0. The summed E-state index contributed by atoms with van der Waals surface area (Å²) in [6, 6.07) is 7.05. The molecule has 3 aromatic rings. The van der Waals surface area contributed by atoms with Crippen LogP contribution in [0.3, 0.4) is 0 Å². The van der Waals surface area contributed by atoms with E-state index in [0.717, 1.165) is 0 Å². The first kappa shape index (κ1) is 22.3. The number of nitrogens with zero attached hydrogens (tertiary/aromatic N) is 3. The van der Waals surface area contributed by atoms with Gasteiger partial charge >= 0.3 is 12.2 Å². The molecule has 0 unspecified atom stereocenters. The molecule has 166 valence electrons. The molecule has 0 amide bonds. The number of pyridine rings is 1. The van der Waals surface area contributed by atoms with Crippen molar-refractivity contribution in [2.24, 2.45) is 0 Å². The third-order valence-corrected chi connectivity index (χ3v) is 4.02. The fraction of sp³-hybridized carbons (Fsp3) is 0.350. The minimum Gasteiger partial charge on any atom is -0.484 e. The van der Waals surface area contributed by atoms with Crippen LogP contribution >= 0.6 is 0 Å². The first-order valence-corrected chi connectivity index (χ1v) is 9.30. The number of aromatic nitrogens is 3. The van der Waals surface area contributed by atoms with Gasteiger partial charge in [0.2, 0.25) is 5.88 Å². The zero-order valence-corrected chi connectivity index (χ0v) is 16.8. The van der Waals surface area contributed by atoms with E-state index in [1.807, 2.05) is 0 Å². The molecule has 11 heteroatoms. The van der Waals surface area contributed by atoms with Crippen LogP contribution in [-0.4, -0.2) is 54.2 Å². The van der Waals surface area contributed by atoms with Crippen molar-refractivity contribution >= 4 is 10.9 Å². The number of benzene rings is 1. The summed E-state index contributed by atoms with van der Waals surface area (Å²) in [6.07, 6.45) is -3.02. The second kappa shape index (κ2) is 9.65. The minimum atomic E-state index is -4.45. The van der Waals surface area contributed by atoms with Gasteiger partial charge in [0.15, 0.2) is 6.61 Å². The molecule has 0 radical (unpaired) electrons. The van der Waals surface area contributed by atoms with Gasteiger partial charge in [-0.1, -0.05) is 0 Å². The fourth-order valence-corrected chi connectivity index (χ4v) is 2.71. The van der Waals surface area contributed by atoms with Crippen molar-refractivity contribution < 1.29 is 32.1 Å². The smallest absolute Gasteiger partial charge is 0.422 e. The Labute approximate surface area is 175 Å². The number of alkyl halides is 3. The van der Waals surface area contributed by atoms with Gasteiger partial charge in [-0.05, 0) is 37.3 Å². The highest BCUT2D eigenvalue weighted by atomic mass is 19.4. The van der Waals surface area contributed by atoms with E-state index in [-0.39, 0.29) is 41.8 Å². The molecular weight excluding hydrogens is 419 g/mol. The van der Waals surface area contributed by atoms with Gasteiger partial charge in [-0.25, -0.2) is 9.55 Å². The van der Waals surface area contributed by atoms with Crippen molar-refractivity contribution in [3.8, 4) is 23.3 Å². The maximum Gasteiger partial charge on any atom is 0.422 e. The van der Waals surface area contributed by atoms with Crippen LogP contribution in [0.2, 0.25) is 0 Å². The van der Waals surface area contributed by atoms with Crippen LogP contribution in [0.25, 0.3) is 16.6 Å². The molecule has 1 aromatic carbocycles. The summed E-state index contributed by atoms with van der Waals surface area (Å²) in [4.78, 5) is 21.7. The third kappa shape index (κ3) is 5.43. The largest absolute Gasteiger partial charge is 0.484 e. The van der Waals surface area contributed by atoms with Crippen molar-refractivity contribution in [2.75, 3.05) is 33.5 Å². The van der Waals surface area contributed by atoms with Gasteiger partial charge in [-0.3, -0.25) is 4.79 Å². The molecule has 31 heavy (non-hydrogen) atoms. The van der Waals surface area contributed by atoms with Gasteiger partial charge in [0.05, 0.1) is 24.3 Å². The summed E-state index contributed by atoms with van der Waals surface area (Å²) in [5, 5.41) is 0.239. The lowest BCUT2D eigenvalue weighted by molar-refractivity contribution is -0.153. The van der Waals surface area contributed by atoms with Gasteiger partial charge in [0.25, 0.3) is 5.56 Å². The Bertz CT molecular complexity index is 1080. The predicted octanol–water partition coefficient (Wildman–Crippen LogP) is 3.15. The molecule has 0 spiro atoms. The van der Waals surface area contributed by atoms with Gasteiger partial charge in [-0.15, -0.1) is 0 Å². The van der Waals surface area contributed by atoms with E-state index < -0.39 is 18.3 Å². The topological polar surface area (TPSA) is 84.7 Å². The first-order chi connectivity index (χ1) is 14.8. The maximum atomic E-state index is 13.2. The molecule has 8 nitrogen and oxygen atoms in total. The molecule has 0 saturated carbocycles. The lowest BCUT2D eigenvalue weighted by atomic mass is 10.2. The minimum absolute atomic E-state index is 0.00597.